The van der Waals surface area contributed by atoms with Crippen LogP contribution in [0.3, 0.4) is 0 Å². The SMILES string of the molecule is COc1ccccc1C=C1C(=O)NC(=O)N(c2ccc(Br)cc2)C1=O. The van der Waals surface area contributed by atoms with Crippen molar-refractivity contribution in [3.8, 4) is 5.75 Å². The highest BCUT2D eigenvalue weighted by Gasteiger charge is 2.36. The van der Waals surface area contributed by atoms with Crippen LogP contribution in [0.1, 0.15) is 5.56 Å². The van der Waals surface area contributed by atoms with Crippen molar-refractivity contribution in [3.63, 3.8) is 0 Å². The van der Waals surface area contributed by atoms with Crippen molar-refractivity contribution in [1.29, 1.82) is 0 Å². The molecule has 2 aromatic carbocycles. The second-order valence-corrected chi connectivity index (χ2v) is 6.09. The molecule has 1 heterocycles. The Morgan fingerprint density at radius 3 is 2.40 bits per heavy atom. The summed E-state index contributed by atoms with van der Waals surface area (Å²) in [5, 5.41) is 2.19. The van der Waals surface area contributed by atoms with Gasteiger partial charge in [-0.15, -0.1) is 0 Å². The number of ether oxygens (including phenoxy) is 1. The van der Waals surface area contributed by atoms with Gasteiger partial charge < -0.3 is 4.74 Å². The normalized spacial score (nSPS) is 16.2. The first-order valence-corrected chi connectivity index (χ1v) is 8.10. The third kappa shape index (κ3) is 3.32. The molecule has 1 saturated heterocycles. The number of methoxy groups -OCH3 is 1. The van der Waals surface area contributed by atoms with E-state index in [4.69, 9.17) is 4.74 Å². The first-order chi connectivity index (χ1) is 12.0. The number of benzene rings is 2. The lowest BCUT2D eigenvalue weighted by Crippen LogP contribution is -2.54. The molecule has 4 amide bonds. The molecule has 0 saturated carbocycles. The summed E-state index contributed by atoms with van der Waals surface area (Å²) in [5.74, 6) is -0.918. The summed E-state index contributed by atoms with van der Waals surface area (Å²) in [4.78, 5) is 38.0. The Hall–Kier alpha value is -2.93. The van der Waals surface area contributed by atoms with Crippen LogP contribution in [0.4, 0.5) is 10.5 Å². The summed E-state index contributed by atoms with van der Waals surface area (Å²) in [6.07, 6.45) is 1.41. The molecule has 0 spiro atoms. The maximum Gasteiger partial charge on any atom is 0.335 e. The van der Waals surface area contributed by atoms with Gasteiger partial charge in [-0.2, -0.15) is 0 Å². The lowest BCUT2D eigenvalue weighted by Gasteiger charge is -2.26. The Balaban J connectivity index is 2.03. The molecule has 0 atom stereocenters. The number of carbonyl (C=O) groups is 3. The standard InChI is InChI=1S/C18H13BrN2O4/c1-25-15-5-3-2-4-11(15)10-14-16(22)20-18(24)21(17(14)23)13-8-6-12(19)7-9-13/h2-10H,1H3,(H,20,22,24). The van der Waals surface area contributed by atoms with E-state index >= 15 is 0 Å². The van der Waals surface area contributed by atoms with Gasteiger partial charge in [-0.3, -0.25) is 14.9 Å². The van der Waals surface area contributed by atoms with E-state index in [9.17, 15) is 14.4 Å². The first kappa shape index (κ1) is 16.9. The summed E-state index contributed by atoms with van der Waals surface area (Å²) in [6.45, 7) is 0. The lowest BCUT2D eigenvalue weighted by molar-refractivity contribution is -0.122. The van der Waals surface area contributed by atoms with Crippen LogP contribution in [-0.2, 0) is 9.59 Å². The van der Waals surface area contributed by atoms with Gasteiger partial charge in [-0.1, -0.05) is 34.1 Å². The van der Waals surface area contributed by atoms with Crippen LogP contribution < -0.4 is 15.0 Å². The molecule has 1 N–H and O–H groups in total. The lowest BCUT2D eigenvalue weighted by atomic mass is 10.1. The number of para-hydroxylation sites is 1. The molecule has 6 nitrogen and oxygen atoms in total. The summed E-state index contributed by atoms with van der Waals surface area (Å²) in [5.41, 5.74) is 0.782. The van der Waals surface area contributed by atoms with E-state index in [-0.39, 0.29) is 5.57 Å². The smallest absolute Gasteiger partial charge is 0.335 e. The third-order valence-corrected chi connectivity index (χ3v) is 4.15. The largest absolute Gasteiger partial charge is 0.496 e. The number of hydrogen-bond donors (Lipinski definition) is 1. The number of anilines is 1. The molecular weight excluding hydrogens is 388 g/mol. The van der Waals surface area contributed by atoms with Crippen LogP contribution >= 0.6 is 15.9 Å². The number of barbiturate groups is 1. The van der Waals surface area contributed by atoms with Gasteiger partial charge in [0.1, 0.15) is 11.3 Å². The number of halogens is 1. The predicted octanol–water partition coefficient (Wildman–Crippen LogP) is 3.12. The highest BCUT2D eigenvalue weighted by atomic mass is 79.9. The molecule has 25 heavy (non-hydrogen) atoms. The first-order valence-electron chi connectivity index (χ1n) is 7.31. The van der Waals surface area contributed by atoms with Crippen LogP contribution in [0.25, 0.3) is 6.08 Å². The van der Waals surface area contributed by atoms with Crippen molar-refractivity contribution < 1.29 is 19.1 Å². The number of imide groups is 2. The molecule has 1 fully saturated rings. The molecule has 7 heteroatoms. The molecule has 2 aromatic rings. The van der Waals surface area contributed by atoms with Crippen molar-refractivity contribution in [2.24, 2.45) is 0 Å². The van der Waals surface area contributed by atoms with Gasteiger partial charge in [0, 0.05) is 10.0 Å². The Kier molecular flexibility index (Phi) is 4.67. The van der Waals surface area contributed by atoms with Crippen LogP contribution in [0.5, 0.6) is 5.75 Å². The molecule has 0 bridgehead atoms. The van der Waals surface area contributed by atoms with Crippen molar-refractivity contribution >= 4 is 45.5 Å². The fourth-order valence-electron chi connectivity index (χ4n) is 2.42. The molecule has 0 radical (unpaired) electrons. The zero-order valence-electron chi connectivity index (χ0n) is 13.2. The minimum absolute atomic E-state index is 0.146. The highest BCUT2D eigenvalue weighted by molar-refractivity contribution is 9.10. The quantitative estimate of drug-likeness (QED) is 0.634. The molecule has 126 valence electrons. The van der Waals surface area contributed by atoms with Crippen LogP contribution in [0.2, 0.25) is 0 Å². The van der Waals surface area contributed by atoms with Crippen LogP contribution in [0.15, 0.2) is 58.6 Å². The Morgan fingerprint density at radius 2 is 1.72 bits per heavy atom. The number of urea groups is 1. The van der Waals surface area contributed by atoms with Crippen LogP contribution in [-0.4, -0.2) is 25.0 Å². The Morgan fingerprint density at radius 1 is 1.04 bits per heavy atom. The number of rotatable bonds is 3. The number of hydrogen-bond acceptors (Lipinski definition) is 4. The number of carbonyl (C=O) groups excluding carboxylic acids is 3. The van der Waals surface area contributed by atoms with Crippen molar-refractivity contribution in [2.45, 2.75) is 0 Å². The van der Waals surface area contributed by atoms with E-state index in [1.807, 2.05) is 0 Å². The van der Waals surface area contributed by atoms with E-state index in [1.54, 1.807) is 48.5 Å². The molecule has 1 aliphatic heterocycles. The molecule has 0 unspecified atom stereocenters. The van der Waals surface area contributed by atoms with Gasteiger partial charge >= 0.3 is 6.03 Å². The summed E-state index contributed by atoms with van der Waals surface area (Å²) in [7, 11) is 1.50. The van der Waals surface area contributed by atoms with E-state index < -0.39 is 17.8 Å². The average molecular weight is 401 g/mol. The fourth-order valence-corrected chi connectivity index (χ4v) is 2.69. The van der Waals surface area contributed by atoms with E-state index in [0.717, 1.165) is 9.37 Å². The second kappa shape index (κ2) is 6.90. The molecule has 0 aromatic heterocycles. The summed E-state index contributed by atoms with van der Waals surface area (Å²) >= 11 is 3.30. The minimum Gasteiger partial charge on any atom is -0.496 e. The van der Waals surface area contributed by atoms with E-state index in [0.29, 0.717) is 17.0 Å². The van der Waals surface area contributed by atoms with Crippen LogP contribution in [0, 0.1) is 0 Å². The van der Waals surface area contributed by atoms with E-state index in [1.165, 1.54) is 13.2 Å². The topological polar surface area (TPSA) is 75.7 Å². The predicted molar refractivity (Wildman–Crippen MR) is 96.1 cm³/mol. The Labute approximate surface area is 152 Å². The Bertz CT molecular complexity index is 890. The maximum atomic E-state index is 12.8. The van der Waals surface area contributed by atoms with Gasteiger partial charge in [0.25, 0.3) is 11.8 Å². The summed E-state index contributed by atoms with van der Waals surface area (Å²) in [6, 6.07) is 12.8. The number of nitrogens with one attached hydrogen (secondary N) is 1. The molecule has 3 rings (SSSR count). The number of nitrogens with zero attached hydrogens (tertiary/aromatic N) is 1. The van der Waals surface area contributed by atoms with Gasteiger partial charge in [0.15, 0.2) is 0 Å². The van der Waals surface area contributed by atoms with E-state index in [2.05, 4.69) is 21.2 Å². The molecular formula is C18H13BrN2O4. The third-order valence-electron chi connectivity index (χ3n) is 3.63. The van der Waals surface area contributed by atoms with Crippen molar-refractivity contribution in [1.82, 2.24) is 5.32 Å². The maximum absolute atomic E-state index is 12.8. The fraction of sp³-hybridized carbons (Fsp3) is 0.0556. The monoisotopic (exact) mass is 400 g/mol. The molecule has 1 aliphatic rings. The van der Waals surface area contributed by atoms with Gasteiger partial charge in [0.2, 0.25) is 0 Å². The van der Waals surface area contributed by atoms with Gasteiger partial charge in [-0.05, 0) is 36.4 Å². The molecule has 0 aliphatic carbocycles. The summed E-state index contributed by atoms with van der Waals surface area (Å²) < 4.78 is 6.04. The second-order valence-electron chi connectivity index (χ2n) is 5.18. The highest BCUT2D eigenvalue weighted by Crippen LogP contribution is 2.26. The zero-order chi connectivity index (χ0) is 18.0. The average Bonchev–Trinajstić information content (AvgIpc) is 2.60. The minimum atomic E-state index is -0.783. The van der Waals surface area contributed by atoms with Gasteiger partial charge in [0.05, 0.1) is 12.8 Å². The zero-order valence-corrected chi connectivity index (χ0v) is 14.7. The van der Waals surface area contributed by atoms with Crippen molar-refractivity contribution in [3.05, 3.63) is 64.1 Å². The van der Waals surface area contributed by atoms with Crippen molar-refractivity contribution in [2.75, 3.05) is 12.0 Å². The number of amides is 4. The van der Waals surface area contributed by atoms with Gasteiger partial charge in [-0.25, -0.2) is 9.69 Å².